The van der Waals surface area contributed by atoms with Crippen molar-refractivity contribution in [1.82, 2.24) is 4.72 Å². The highest BCUT2D eigenvalue weighted by molar-refractivity contribution is 7.89. The lowest BCUT2D eigenvalue weighted by Crippen LogP contribution is -2.26. The predicted octanol–water partition coefficient (Wildman–Crippen LogP) is 2.67. The molecule has 1 aromatic carbocycles. The van der Waals surface area contributed by atoms with E-state index in [1.807, 2.05) is 0 Å². The maximum absolute atomic E-state index is 12.1. The van der Waals surface area contributed by atoms with E-state index in [-0.39, 0.29) is 0 Å². The Bertz CT molecular complexity index is 768. The number of hydrogen-bond acceptors (Lipinski definition) is 4. The maximum atomic E-state index is 12.1. The number of carboxylic acids is 1. The molecular weight excluding hydrogens is 318 g/mol. The van der Waals surface area contributed by atoms with Gasteiger partial charge in [0.25, 0.3) is 10.0 Å². The molecular formula is C13H12ClNO5S. The highest BCUT2D eigenvalue weighted by Gasteiger charge is 2.24. The van der Waals surface area contributed by atoms with Crippen molar-refractivity contribution in [3.05, 3.63) is 52.7 Å². The zero-order valence-electron chi connectivity index (χ0n) is 10.9. The van der Waals surface area contributed by atoms with Crippen LogP contribution in [-0.4, -0.2) is 19.5 Å². The summed E-state index contributed by atoms with van der Waals surface area (Å²) in [7, 11) is -3.98. The third-order valence-electron chi connectivity index (χ3n) is 2.76. The molecule has 0 amide bonds. The van der Waals surface area contributed by atoms with Gasteiger partial charge in [-0.25, -0.2) is 17.9 Å². The molecule has 112 valence electrons. The van der Waals surface area contributed by atoms with Crippen LogP contribution in [0.4, 0.5) is 0 Å². The Morgan fingerprint density at radius 2 is 1.95 bits per heavy atom. The standard InChI is InChI=1S/C13H12ClNO5S/c1-8(9-4-2-3-5-10(9)14)15-21(18,19)12-7-6-11(20-12)13(16)17/h2-8,15H,1H3,(H,16,17)/t8-/m1/s1. The number of aromatic carboxylic acids is 1. The zero-order chi connectivity index (χ0) is 15.6. The number of sulfonamides is 1. The molecule has 0 unspecified atom stereocenters. The van der Waals surface area contributed by atoms with E-state index in [0.29, 0.717) is 10.6 Å². The number of nitrogens with one attached hydrogen (secondary N) is 1. The van der Waals surface area contributed by atoms with E-state index in [1.54, 1.807) is 31.2 Å². The topological polar surface area (TPSA) is 96.6 Å². The molecule has 1 heterocycles. The van der Waals surface area contributed by atoms with Crippen molar-refractivity contribution in [2.24, 2.45) is 0 Å². The monoisotopic (exact) mass is 329 g/mol. The summed E-state index contributed by atoms with van der Waals surface area (Å²) in [5.74, 6) is -1.78. The first kappa shape index (κ1) is 15.6. The fourth-order valence-electron chi connectivity index (χ4n) is 1.76. The average molecular weight is 330 g/mol. The van der Waals surface area contributed by atoms with Gasteiger partial charge in [0, 0.05) is 11.1 Å². The molecule has 8 heteroatoms. The van der Waals surface area contributed by atoms with Crippen molar-refractivity contribution >= 4 is 27.6 Å². The Labute approximate surface area is 126 Å². The first-order chi connectivity index (χ1) is 9.81. The van der Waals surface area contributed by atoms with Crippen LogP contribution in [0.15, 0.2) is 45.9 Å². The van der Waals surface area contributed by atoms with E-state index in [1.165, 1.54) is 0 Å². The smallest absolute Gasteiger partial charge is 0.371 e. The van der Waals surface area contributed by atoms with Crippen LogP contribution in [0.5, 0.6) is 0 Å². The predicted molar refractivity (Wildman–Crippen MR) is 75.9 cm³/mol. The largest absolute Gasteiger partial charge is 0.475 e. The normalized spacial score (nSPS) is 13.0. The number of carboxylic acid groups (broad SMARTS) is 1. The van der Waals surface area contributed by atoms with Crippen LogP contribution in [0.25, 0.3) is 0 Å². The number of halogens is 1. The summed E-state index contributed by atoms with van der Waals surface area (Å²) in [6.45, 7) is 1.62. The Balaban J connectivity index is 2.24. The number of carbonyl (C=O) groups is 1. The number of furan rings is 1. The molecule has 21 heavy (non-hydrogen) atoms. The summed E-state index contributed by atoms with van der Waals surface area (Å²) in [6, 6.07) is 8.39. The fourth-order valence-corrected chi connectivity index (χ4v) is 3.21. The third-order valence-corrected chi connectivity index (χ3v) is 4.52. The van der Waals surface area contributed by atoms with Crippen LogP contribution in [0.2, 0.25) is 5.02 Å². The summed E-state index contributed by atoms with van der Waals surface area (Å²) >= 11 is 6.00. The maximum Gasteiger partial charge on any atom is 0.371 e. The molecule has 0 spiro atoms. The molecule has 2 rings (SSSR count). The summed E-state index contributed by atoms with van der Waals surface area (Å²) in [5.41, 5.74) is 0.604. The molecule has 1 aromatic heterocycles. The molecule has 2 N–H and O–H groups in total. The molecule has 0 aliphatic carbocycles. The summed E-state index contributed by atoms with van der Waals surface area (Å²) in [5, 5.41) is 8.70. The molecule has 0 bridgehead atoms. The molecule has 6 nitrogen and oxygen atoms in total. The van der Waals surface area contributed by atoms with Crippen LogP contribution in [0.3, 0.4) is 0 Å². The van der Waals surface area contributed by atoms with Crippen molar-refractivity contribution in [2.45, 2.75) is 18.1 Å². The van der Waals surface area contributed by atoms with Gasteiger partial charge >= 0.3 is 5.97 Å². The lowest BCUT2D eigenvalue weighted by molar-refractivity contribution is 0.0656. The lowest BCUT2D eigenvalue weighted by Gasteiger charge is -2.14. The van der Waals surface area contributed by atoms with Gasteiger partial charge in [-0.2, -0.15) is 0 Å². The summed E-state index contributed by atoms with van der Waals surface area (Å²) < 4.78 is 31.4. The van der Waals surface area contributed by atoms with Crippen molar-refractivity contribution < 1.29 is 22.7 Å². The van der Waals surface area contributed by atoms with Crippen LogP contribution >= 0.6 is 11.6 Å². The van der Waals surface area contributed by atoms with Gasteiger partial charge in [0.1, 0.15) is 0 Å². The zero-order valence-corrected chi connectivity index (χ0v) is 12.5. The van der Waals surface area contributed by atoms with Gasteiger partial charge in [0.05, 0.1) is 0 Å². The van der Waals surface area contributed by atoms with Crippen LogP contribution in [0, 0.1) is 0 Å². The minimum absolute atomic E-state index is 0.429. The minimum atomic E-state index is -3.98. The van der Waals surface area contributed by atoms with Crippen LogP contribution in [0.1, 0.15) is 29.1 Å². The van der Waals surface area contributed by atoms with Gasteiger partial charge in [0.15, 0.2) is 0 Å². The quantitative estimate of drug-likeness (QED) is 0.879. The number of hydrogen-bond donors (Lipinski definition) is 2. The number of benzene rings is 1. The summed E-state index contributed by atoms with van der Waals surface area (Å²) in [6.07, 6.45) is 0. The van der Waals surface area contributed by atoms with E-state index in [4.69, 9.17) is 21.1 Å². The Hall–Kier alpha value is -1.83. The van der Waals surface area contributed by atoms with Gasteiger partial charge in [-0.3, -0.25) is 0 Å². The Kier molecular flexibility index (Phi) is 4.36. The average Bonchev–Trinajstić information content (AvgIpc) is 2.89. The lowest BCUT2D eigenvalue weighted by atomic mass is 10.1. The van der Waals surface area contributed by atoms with Gasteiger partial charge in [-0.1, -0.05) is 29.8 Å². The minimum Gasteiger partial charge on any atom is -0.475 e. The summed E-state index contributed by atoms with van der Waals surface area (Å²) in [4.78, 5) is 10.7. The highest BCUT2D eigenvalue weighted by atomic mass is 35.5. The number of rotatable bonds is 5. The molecule has 0 radical (unpaired) electrons. The second-order valence-electron chi connectivity index (χ2n) is 4.29. The van der Waals surface area contributed by atoms with Crippen molar-refractivity contribution in [1.29, 1.82) is 0 Å². The van der Waals surface area contributed by atoms with E-state index in [2.05, 4.69) is 4.72 Å². The molecule has 0 saturated carbocycles. The second-order valence-corrected chi connectivity index (χ2v) is 6.34. The molecule has 0 aliphatic heterocycles. The molecule has 0 aliphatic rings. The van der Waals surface area contributed by atoms with Crippen LogP contribution < -0.4 is 4.72 Å². The third kappa shape index (κ3) is 3.44. The van der Waals surface area contributed by atoms with E-state index < -0.39 is 32.9 Å². The van der Waals surface area contributed by atoms with E-state index >= 15 is 0 Å². The van der Waals surface area contributed by atoms with E-state index in [9.17, 15) is 13.2 Å². The van der Waals surface area contributed by atoms with Gasteiger partial charge in [0.2, 0.25) is 10.9 Å². The molecule has 0 saturated heterocycles. The SMILES string of the molecule is C[C@@H](NS(=O)(=O)c1ccc(C(=O)O)o1)c1ccccc1Cl. The Morgan fingerprint density at radius 1 is 1.29 bits per heavy atom. The van der Waals surface area contributed by atoms with Crippen LogP contribution in [-0.2, 0) is 10.0 Å². The Morgan fingerprint density at radius 3 is 2.52 bits per heavy atom. The highest BCUT2D eigenvalue weighted by Crippen LogP contribution is 2.24. The first-order valence-corrected chi connectivity index (χ1v) is 7.77. The van der Waals surface area contributed by atoms with Gasteiger partial charge in [-0.15, -0.1) is 0 Å². The van der Waals surface area contributed by atoms with Gasteiger partial charge in [-0.05, 0) is 30.7 Å². The van der Waals surface area contributed by atoms with Crippen molar-refractivity contribution in [3.63, 3.8) is 0 Å². The molecule has 1 atom stereocenters. The fraction of sp³-hybridized carbons (Fsp3) is 0.154. The van der Waals surface area contributed by atoms with Gasteiger partial charge < -0.3 is 9.52 Å². The van der Waals surface area contributed by atoms with E-state index in [0.717, 1.165) is 12.1 Å². The molecule has 0 fully saturated rings. The second kappa shape index (κ2) is 5.88. The van der Waals surface area contributed by atoms with Crippen molar-refractivity contribution in [2.75, 3.05) is 0 Å². The van der Waals surface area contributed by atoms with Crippen molar-refractivity contribution in [3.8, 4) is 0 Å². The molecule has 2 aromatic rings. The first-order valence-electron chi connectivity index (χ1n) is 5.91.